The minimum absolute atomic E-state index is 0.219. The van der Waals surface area contributed by atoms with E-state index in [9.17, 15) is 9.90 Å². The first-order valence-corrected chi connectivity index (χ1v) is 13.3. The Morgan fingerprint density at radius 1 is 0.900 bits per heavy atom. The number of aromatic carboxylic acids is 1. The van der Waals surface area contributed by atoms with E-state index in [1.54, 1.807) is 18.3 Å². The lowest BCUT2D eigenvalue weighted by atomic mass is 10.0. The van der Waals surface area contributed by atoms with Gasteiger partial charge in [-0.3, -0.25) is 4.98 Å². The van der Waals surface area contributed by atoms with Crippen LogP contribution in [0.25, 0.3) is 5.69 Å². The van der Waals surface area contributed by atoms with Crippen molar-refractivity contribution >= 4 is 29.0 Å². The summed E-state index contributed by atoms with van der Waals surface area (Å²) < 4.78 is 8.18. The zero-order chi connectivity index (χ0) is 27.6. The number of rotatable bonds is 7. The largest absolute Gasteiger partial charge is 0.478 e. The van der Waals surface area contributed by atoms with Gasteiger partial charge in [-0.1, -0.05) is 24.3 Å². The first-order valence-electron chi connectivity index (χ1n) is 12.8. The quantitative estimate of drug-likeness (QED) is 0.216. The molecule has 40 heavy (non-hydrogen) atoms. The SMILES string of the molecule is Cc1ccccc1Oc1ccc(N2C(=S)N[C@@H](c3ccccn3)[C@H]2c2cccn2-c2ccc(C(=O)O)cc2)cc1. The number of ether oxygens (including phenoxy) is 1. The number of carbonyl (C=O) groups is 1. The maximum atomic E-state index is 11.4. The molecule has 0 spiro atoms. The molecule has 2 atom stereocenters. The molecule has 8 heteroatoms. The van der Waals surface area contributed by atoms with Crippen LogP contribution >= 0.6 is 12.2 Å². The summed E-state index contributed by atoms with van der Waals surface area (Å²) >= 11 is 5.89. The highest BCUT2D eigenvalue weighted by molar-refractivity contribution is 7.80. The summed E-state index contributed by atoms with van der Waals surface area (Å²) in [6, 6.07) is 32.1. The van der Waals surface area contributed by atoms with Gasteiger partial charge in [0.25, 0.3) is 0 Å². The third-order valence-corrected chi connectivity index (χ3v) is 7.32. The first kappa shape index (κ1) is 25.3. The molecule has 3 heterocycles. The lowest BCUT2D eigenvalue weighted by Gasteiger charge is -2.29. The molecule has 198 valence electrons. The molecule has 0 radical (unpaired) electrons. The summed E-state index contributed by atoms with van der Waals surface area (Å²) in [5.41, 5.74) is 4.91. The van der Waals surface area contributed by atoms with Crippen LogP contribution in [0.3, 0.4) is 0 Å². The van der Waals surface area contributed by atoms with Crippen molar-refractivity contribution in [2.24, 2.45) is 0 Å². The molecule has 0 unspecified atom stereocenters. The van der Waals surface area contributed by atoms with Gasteiger partial charge in [0.05, 0.1) is 17.3 Å². The van der Waals surface area contributed by atoms with E-state index in [2.05, 4.69) is 25.8 Å². The van der Waals surface area contributed by atoms with Gasteiger partial charge >= 0.3 is 5.97 Å². The molecule has 5 aromatic rings. The number of para-hydroxylation sites is 1. The molecule has 7 nitrogen and oxygen atoms in total. The molecular formula is C32H26N4O3S. The molecule has 0 bridgehead atoms. The minimum Gasteiger partial charge on any atom is -0.478 e. The topological polar surface area (TPSA) is 79.6 Å². The molecule has 0 aliphatic carbocycles. The fraction of sp³-hybridized carbons (Fsp3) is 0.0938. The van der Waals surface area contributed by atoms with Crippen molar-refractivity contribution < 1.29 is 14.6 Å². The Bertz CT molecular complexity index is 1670. The molecule has 2 aromatic heterocycles. The number of aryl methyl sites for hydroxylation is 1. The Morgan fingerprint density at radius 3 is 2.33 bits per heavy atom. The van der Waals surface area contributed by atoms with Crippen LogP contribution in [0.1, 0.15) is 39.4 Å². The molecule has 1 aliphatic rings. The number of anilines is 1. The maximum Gasteiger partial charge on any atom is 0.335 e. The van der Waals surface area contributed by atoms with Gasteiger partial charge in [0.2, 0.25) is 0 Å². The minimum atomic E-state index is -0.958. The van der Waals surface area contributed by atoms with Gasteiger partial charge in [-0.05, 0) is 104 Å². The Kier molecular flexibility index (Phi) is 6.76. The number of nitrogens with zero attached hydrogens (tertiary/aromatic N) is 3. The standard InChI is InChI=1S/C32H26N4O3S/c1-21-7-2-3-10-28(21)39-25-17-15-24(16-18-25)36-30(29(34-32(36)40)26-8-4-5-19-33-26)27-9-6-20-35(27)23-13-11-22(12-14-23)31(37)38/h2-20,29-30H,1H3,(H,34,40)(H,37,38)/t29-,30+/m0/s1. The third kappa shape index (κ3) is 4.81. The number of benzene rings is 3. The molecule has 2 N–H and O–H groups in total. The van der Waals surface area contributed by atoms with Gasteiger partial charge in [-0.2, -0.15) is 0 Å². The Balaban J connectivity index is 1.39. The van der Waals surface area contributed by atoms with Crippen molar-refractivity contribution in [2.45, 2.75) is 19.0 Å². The van der Waals surface area contributed by atoms with Crippen LogP contribution in [0.4, 0.5) is 5.69 Å². The number of pyridine rings is 1. The van der Waals surface area contributed by atoms with Crippen LogP contribution < -0.4 is 15.0 Å². The predicted octanol–water partition coefficient (Wildman–Crippen LogP) is 6.85. The molecule has 1 aliphatic heterocycles. The summed E-state index contributed by atoms with van der Waals surface area (Å²) in [7, 11) is 0. The number of aromatic nitrogens is 2. The smallest absolute Gasteiger partial charge is 0.335 e. The molecule has 6 rings (SSSR count). The van der Waals surface area contributed by atoms with E-state index < -0.39 is 5.97 Å². The zero-order valence-electron chi connectivity index (χ0n) is 21.6. The van der Waals surface area contributed by atoms with E-state index in [4.69, 9.17) is 17.0 Å². The lowest BCUT2D eigenvalue weighted by Crippen LogP contribution is -2.30. The van der Waals surface area contributed by atoms with E-state index in [1.165, 1.54) is 0 Å². The number of carboxylic acids is 1. The van der Waals surface area contributed by atoms with Gasteiger partial charge in [0.15, 0.2) is 5.11 Å². The average Bonchev–Trinajstić information content (AvgIpc) is 3.59. The zero-order valence-corrected chi connectivity index (χ0v) is 22.5. The predicted molar refractivity (Wildman–Crippen MR) is 158 cm³/mol. The molecule has 1 saturated heterocycles. The Hall–Kier alpha value is -4.95. The van der Waals surface area contributed by atoms with Crippen molar-refractivity contribution in [1.29, 1.82) is 0 Å². The highest BCUT2D eigenvalue weighted by atomic mass is 32.1. The molecule has 0 saturated carbocycles. The highest BCUT2D eigenvalue weighted by Gasteiger charge is 2.42. The Morgan fingerprint density at radius 2 is 1.62 bits per heavy atom. The summed E-state index contributed by atoms with van der Waals surface area (Å²) in [5, 5.41) is 13.4. The van der Waals surface area contributed by atoms with Gasteiger partial charge in [0.1, 0.15) is 17.5 Å². The average molecular weight is 547 g/mol. The molecule has 1 fully saturated rings. The van der Waals surface area contributed by atoms with Gasteiger partial charge in [-0.25, -0.2) is 4.79 Å². The van der Waals surface area contributed by atoms with Gasteiger partial charge < -0.3 is 24.6 Å². The second-order valence-electron chi connectivity index (χ2n) is 9.51. The third-order valence-electron chi connectivity index (χ3n) is 7.01. The number of carboxylic acid groups (broad SMARTS) is 1. The van der Waals surface area contributed by atoms with Crippen molar-refractivity contribution in [3.05, 3.63) is 138 Å². The fourth-order valence-corrected chi connectivity index (χ4v) is 5.39. The molecular weight excluding hydrogens is 520 g/mol. The van der Waals surface area contributed by atoms with Crippen molar-refractivity contribution in [2.75, 3.05) is 4.90 Å². The lowest BCUT2D eigenvalue weighted by molar-refractivity contribution is 0.0697. The van der Waals surface area contributed by atoms with Crippen LogP contribution in [-0.4, -0.2) is 25.7 Å². The normalized spacial score (nSPS) is 16.5. The van der Waals surface area contributed by atoms with Gasteiger partial charge in [0, 0.05) is 29.5 Å². The van der Waals surface area contributed by atoms with E-state index in [0.29, 0.717) is 5.11 Å². The van der Waals surface area contributed by atoms with E-state index in [0.717, 1.165) is 39.8 Å². The fourth-order valence-electron chi connectivity index (χ4n) is 5.04. The van der Waals surface area contributed by atoms with Crippen molar-refractivity contribution in [3.63, 3.8) is 0 Å². The van der Waals surface area contributed by atoms with Crippen LogP contribution in [-0.2, 0) is 0 Å². The van der Waals surface area contributed by atoms with Crippen LogP contribution in [0.15, 0.2) is 116 Å². The monoisotopic (exact) mass is 546 g/mol. The highest BCUT2D eigenvalue weighted by Crippen LogP contribution is 2.42. The van der Waals surface area contributed by atoms with Crippen LogP contribution in [0, 0.1) is 6.92 Å². The van der Waals surface area contributed by atoms with Crippen LogP contribution in [0.5, 0.6) is 11.5 Å². The first-order chi connectivity index (χ1) is 19.5. The molecule has 0 amide bonds. The van der Waals surface area contributed by atoms with E-state index >= 15 is 0 Å². The van der Waals surface area contributed by atoms with Crippen molar-refractivity contribution in [1.82, 2.24) is 14.9 Å². The number of hydrogen-bond acceptors (Lipinski definition) is 4. The summed E-state index contributed by atoms with van der Waals surface area (Å²) in [6.07, 6.45) is 3.75. The van der Waals surface area contributed by atoms with E-state index in [1.807, 2.05) is 98.0 Å². The molecule has 3 aromatic carbocycles. The maximum absolute atomic E-state index is 11.4. The summed E-state index contributed by atoms with van der Waals surface area (Å²) in [4.78, 5) is 18.1. The number of hydrogen-bond donors (Lipinski definition) is 2. The number of thiocarbonyl (C=S) groups is 1. The number of nitrogens with one attached hydrogen (secondary N) is 1. The second-order valence-corrected chi connectivity index (χ2v) is 9.90. The second kappa shape index (κ2) is 10.7. The summed E-state index contributed by atoms with van der Waals surface area (Å²) in [5.74, 6) is 0.588. The Labute approximate surface area is 237 Å². The van der Waals surface area contributed by atoms with Crippen LogP contribution in [0.2, 0.25) is 0 Å². The van der Waals surface area contributed by atoms with Crippen molar-refractivity contribution in [3.8, 4) is 17.2 Å². The summed E-state index contributed by atoms with van der Waals surface area (Å²) in [6.45, 7) is 2.02. The van der Waals surface area contributed by atoms with E-state index in [-0.39, 0.29) is 17.6 Å². The van der Waals surface area contributed by atoms with Gasteiger partial charge in [-0.15, -0.1) is 0 Å².